The van der Waals surface area contributed by atoms with E-state index in [2.05, 4.69) is 31.1 Å². The van der Waals surface area contributed by atoms with Crippen molar-refractivity contribution in [3.8, 4) is 0 Å². The summed E-state index contributed by atoms with van der Waals surface area (Å²) in [4.78, 5) is 28.4. The number of halogens is 2. The summed E-state index contributed by atoms with van der Waals surface area (Å²) in [5.41, 5.74) is 1.29. The van der Waals surface area contributed by atoms with E-state index in [9.17, 15) is 18.4 Å². The number of aromatic nitrogens is 3. The molecule has 2 aromatic heterocycles. The minimum atomic E-state index is -2.97. The normalized spacial score (nSPS) is 13.1. The molecule has 0 spiro atoms. The molecule has 0 aliphatic rings. The highest BCUT2D eigenvalue weighted by Crippen LogP contribution is 2.18. The van der Waals surface area contributed by atoms with Crippen molar-refractivity contribution in [2.24, 2.45) is 0 Å². The van der Waals surface area contributed by atoms with E-state index in [-0.39, 0.29) is 17.6 Å². The summed E-state index contributed by atoms with van der Waals surface area (Å²) >= 11 is 0. The van der Waals surface area contributed by atoms with Gasteiger partial charge in [0, 0.05) is 18.8 Å². The molecule has 5 N–H and O–H groups in total. The first-order chi connectivity index (χ1) is 14.3. The molecule has 158 valence electrons. The monoisotopic (exact) mass is 418 g/mol. The van der Waals surface area contributed by atoms with Gasteiger partial charge in [0.2, 0.25) is 0 Å². The van der Waals surface area contributed by atoms with Crippen molar-refractivity contribution in [1.29, 1.82) is 0 Å². The lowest BCUT2D eigenvalue weighted by molar-refractivity contribution is -0.00272. The van der Waals surface area contributed by atoms with E-state index in [0.29, 0.717) is 10.9 Å². The summed E-state index contributed by atoms with van der Waals surface area (Å²) in [7, 11) is 0. The van der Waals surface area contributed by atoms with Crippen molar-refractivity contribution in [2.75, 3.05) is 11.9 Å². The number of anilines is 1. The van der Waals surface area contributed by atoms with Crippen LogP contribution in [0, 0.1) is 0 Å². The van der Waals surface area contributed by atoms with Crippen LogP contribution in [0.15, 0.2) is 42.6 Å². The van der Waals surface area contributed by atoms with Crippen LogP contribution in [-0.4, -0.2) is 51.3 Å². The highest BCUT2D eigenvalue weighted by Gasteiger charge is 2.20. The maximum absolute atomic E-state index is 12.3. The van der Waals surface area contributed by atoms with E-state index in [1.807, 2.05) is 37.3 Å². The summed E-state index contributed by atoms with van der Waals surface area (Å²) in [6.07, 6.45) is -3.61. The van der Waals surface area contributed by atoms with Crippen molar-refractivity contribution in [3.63, 3.8) is 0 Å². The van der Waals surface area contributed by atoms with Gasteiger partial charge in [-0.25, -0.2) is 18.6 Å². The average molecular weight is 418 g/mol. The van der Waals surface area contributed by atoms with Crippen LogP contribution in [0.2, 0.25) is 0 Å². The number of nitrogens with zero attached hydrogens (tertiary/aromatic N) is 2. The number of hydrogen-bond donors (Lipinski definition) is 5. The molecule has 3 rings (SSSR count). The van der Waals surface area contributed by atoms with Gasteiger partial charge in [-0.3, -0.25) is 15.2 Å². The number of hydrogen-bond acceptors (Lipinski definition) is 5. The minimum Gasteiger partial charge on any atom is -0.385 e. The number of H-pyrrole nitrogens is 1. The maximum Gasteiger partial charge on any atom is 0.320 e. The molecule has 1 aromatic carbocycles. The lowest BCUT2D eigenvalue weighted by atomic mass is 10.1. The van der Waals surface area contributed by atoms with E-state index >= 15 is 0 Å². The first kappa shape index (κ1) is 21.1. The third-order valence-corrected chi connectivity index (χ3v) is 4.31. The van der Waals surface area contributed by atoms with Gasteiger partial charge in [0.25, 0.3) is 12.3 Å². The third kappa shape index (κ3) is 5.06. The van der Waals surface area contributed by atoms with Gasteiger partial charge >= 0.3 is 6.03 Å². The highest BCUT2D eigenvalue weighted by molar-refractivity contribution is 6.05. The van der Waals surface area contributed by atoms with Crippen LogP contribution in [0.4, 0.5) is 19.4 Å². The number of carbonyl (C=O) groups excluding carboxylic acids is 2. The van der Waals surface area contributed by atoms with Crippen LogP contribution in [0.1, 0.15) is 29.0 Å². The fourth-order valence-electron chi connectivity index (χ4n) is 2.70. The Kier molecular flexibility index (Phi) is 6.52. The summed E-state index contributed by atoms with van der Waals surface area (Å²) in [6.45, 7) is 1.23. The Bertz CT molecular complexity index is 1030. The molecule has 0 fully saturated rings. The van der Waals surface area contributed by atoms with E-state index in [4.69, 9.17) is 5.11 Å². The highest BCUT2D eigenvalue weighted by atomic mass is 19.3. The van der Waals surface area contributed by atoms with Crippen molar-refractivity contribution in [2.45, 2.75) is 25.5 Å². The van der Waals surface area contributed by atoms with Crippen LogP contribution >= 0.6 is 0 Å². The second-order valence-corrected chi connectivity index (χ2v) is 6.53. The number of nitrogens with one attached hydrogen (secondary N) is 4. The molecule has 0 aliphatic carbocycles. The van der Waals surface area contributed by atoms with Gasteiger partial charge in [-0.2, -0.15) is 5.10 Å². The Balaban J connectivity index is 1.63. The van der Waals surface area contributed by atoms with Crippen LogP contribution in [0.5, 0.6) is 0 Å². The van der Waals surface area contributed by atoms with Gasteiger partial charge in [-0.05, 0) is 12.5 Å². The third-order valence-electron chi connectivity index (χ3n) is 4.31. The molecule has 1 unspecified atom stereocenters. The molecule has 3 aromatic rings. The van der Waals surface area contributed by atoms with Crippen molar-refractivity contribution < 1.29 is 23.5 Å². The zero-order valence-electron chi connectivity index (χ0n) is 15.9. The molecule has 0 saturated heterocycles. The van der Waals surface area contributed by atoms with Gasteiger partial charge in [0.1, 0.15) is 11.9 Å². The number of aliphatic hydroxyl groups is 1. The Labute approximate surface area is 169 Å². The summed E-state index contributed by atoms with van der Waals surface area (Å²) < 4.78 is 24.7. The first-order valence-electron chi connectivity index (χ1n) is 9.06. The molecule has 3 amide bonds. The molecule has 0 radical (unpaired) electrons. The number of pyridine rings is 1. The van der Waals surface area contributed by atoms with Crippen LogP contribution in [0.25, 0.3) is 10.9 Å². The fourth-order valence-corrected chi connectivity index (χ4v) is 2.70. The van der Waals surface area contributed by atoms with Gasteiger partial charge < -0.3 is 15.7 Å². The summed E-state index contributed by atoms with van der Waals surface area (Å²) in [6, 6.07) is 10.2. The molecular weight excluding hydrogens is 398 g/mol. The van der Waals surface area contributed by atoms with Gasteiger partial charge in [-0.1, -0.05) is 30.3 Å². The summed E-state index contributed by atoms with van der Waals surface area (Å²) in [5.74, 6) is -0.512. The quantitative estimate of drug-likeness (QED) is 0.401. The van der Waals surface area contributed by atoms with Gasteiger partial charge in [0.05, 0.1) is 16.9 Å². The van der Waals surface area contributed by atoms with E-state index < -0.39 is 31.0 Å². The molecule has 2 heterocycles. The Hall–Kier alpha value is -3.60. The molecule has 2 atom stereocenters. The SMILES string of the molecule is C[C@@H](NC(=O)Nc1cc2[nH]nc(C(=O)NCC(O)C(F)F)c2cn1)c1ccccc1. The fraction of sp³-hybridized carbons (Fsp3) is 0.263. The van der Waals surface area contributed by atoms with E-state index in [1.165, 1.54) is 12.3 Å². The lowest BCUT2D eigenvalue weighted by Crippen LogP contribution is -2.36. The molecular formula is C19H20F2N6O3. The minimum absolute atomic E-state index is 0.0623. The Morgan fingerprint density at radius 3 is 2.67 bits per heavy atom. The van der Waals surface area contributed by atoms with Gasteiger partial charge in [-0.15, -0.1) is 0 Å². The number of rotatable bonds is 7. The predicted molar refractivity (Wildman–Crippen MR) is 105 cm³/mol. The number of aliphatic hydroxyl groups excluding tert-OH is 1. The largest absolute Gasteiger partial charge is 0.385 e. The van der Waals surface area contributed by atoms with Crippen LogP contribution in [-0.2, 0) is 0 Å². The smallest absolute Gasteiger partial charge is 0.320 e. The second kappa shape index (κ2) is 9.27. The first-order valence-corrected chi connectivity index (χ1v) is 9.06. The molecule has 0 aliphatic heterocycles. The number of fused-ring (bicyclic) bond motifs is 1. The number of alkyl halides is 2. The molecule has 30 heavy (non-hydrogen) atoms. The number of carbonyl (C=O) groups is 2. The summed E-state index contributed by atoms with van der Waals surface area (Å²) in [5, 5.41) is 23.5. The van der Waals surface area contributed by atoms with E-state index in [1.54, 1.807) is 0 Å². The number of urea groups is 1. The van der Waals surface area contributed by atoms with Crippen molar-refractivity contribution in [3.05, 3.63) is 53.9 Å². The van der Waals surface area contributed by atoms with Gasteiger partial charge in [0.15, 0.2) is 5.69 Å². The average Bonchev–Trinajstić information content (AvgIpc) is 3.15. The molecule has 0 saturated carbocycles. The standard InChI is InChI=1S/C19H20F2N6O3/c1-10(11-5-3-2-4-6-11)24-19(30)25-15-7-13-12(8-22-15)16(27-26-13)18(29)23-9-14(28)17(20)21/h2-8,10,14,17,28H,9H2,1H3,(H,23,29)(H,26,27)(H2,22,24,25,30)/t10-,14?/m1/s1. The predicted octanol–water partition coefficient (Wildman–Crippen LogP) is 2.20. The Morgan fingerprint density at radius 1 is 1.23 bits per heavy atom. The second-order valence-electron chi connectivity index (χ2n) is 6.53. The maximum atomic E-state index is 12.3. The van der Waals surface area contributed by atoms with Crippen LogP contribution in [0.3, 0.4) is 0 Å². The molecule has 11 heteroatoms. The number of amides is 3. The Morgan fingerprint density at radius 2 is 1.97 bits per heavy atom. The topological polar surface area (TPSA) is 132 Å². The van der Waals surface area contributed by atoms with Crippen LogP contribution < -0.4 is 16.0 Å². The lowest BCUT2D eigenvalue weighted by Gasteiger charge is -2.14. The zero-order chi connectivity index (χ0) is 21.7. The zero-order valence-corrected chi connectivity index (χ0v) is 15.9. The number of aromatic amines is 1. The molecule has 0 bridgehead atoms. The van der Waals surface area contributed by atoms with Crippen molar-refractivity contribution >= 4 is 28.7 Å². The van der Waals surface area contributed by atoms with E-state index in [0.717, 1.165) is 5.56 Å². The molecule has 9 nitrogen and oxygen atoms in total. The number of benzene rings is 1. The van der Waals surface area contributed by atoms with Crippen molar-refractivity contribution in [1.82, 2.24) is 25.8 Å².